The third-order valence-electron chi connectivity index (χ3n) is 4.60. The lowest BCUT2D eigenvalue weighted by molar-refractivity contribution is -0.131. The zero-order chi connectivity index (χ0) is 19.5. The number of nitrogens with one attached hydrogen (secondary N) is 1. The Morgan fingerprint density at radius 1 is 1.29 bits per heavy atom. The molecule has 0 fully saturated rings. The first-order valence-electron chi connectivity index (χ1n) is 8.85. The van der Waals surface area contributed by atoms with Crippen molar-refractivity contribution in [3.63, 3.8) is 0 Å². The molecule has 1 aromatic carbocycles. The van der Waals surface area contributed by atoms with E-state index in [1.165, 1.54) is 23.9 Å². The van der Waals surface area contributed by atoms with Gasteiger partial charge in [-0.15, -0.1) is 0 Å². The van der Waals surface area contributed by atoms with Crippen LogP contribution in [0, 0.1) is 0 Å². The molecule has 0 aliphatic carbocycles. The van der Waals surface area contributed by atoms with E-state index in [0.29, 0.717) is 36.6 Å². The van der Waals surface area contributed by atoms with Crippen molar-refractivity contribution in [1.29, 1.82) is 0 Å². The molecule has 8 heteroatoms. The Hall–Kier alpha value is -3.13. The molecule has 0 atom stereocenters. The summed E-state index contributed by atoms with van der Waals surface area (Å²) in [5, 5.41) is 3.33. The molecule has 2 amide bonds. The van der Waals surface area contributed by atoms with Gasteiger partial charge in [0.05, 0.1) is 37.6 Å². The van der Waals surface area contributed by atoms with Crippen LogP contribution < -0.4 is 10.1 Å². The topological polar surface area (TPSA) is 84.7 Å². The van der Waals surface area contributed by atoms with Crippen LogP contribution >= 0.6 is 11.3 Å². The molecule has 0 unspecified atom stereocenters. The van der Waals surface area contributed by atoms with Crippen molar-refractivity contribution < 1.29 is 18.7 Å². The number of anilines is 1. The van der Waals surface area contributed by atoms with Crippen LogP contribution in [0.3, 0.4) is 0 Å². The van der Waals surface area contributed by atoms with Gasteiger partial charge in [0.15, 0.2) is 5.13 Å². The Bertz CT molecular complexity index is 980. The summed E-state index contributed by atoms with van der Waals surface area (Å²) in [6, 6.07) is 9.12. The van der Waals surface area contributed by atoms with Crippen LogP contribution in [-0.2, 0) is 24.2 Å². The largest absolute Gasteiger partial charge is 0.497 e. The summed E-state index contributed by atoms with van der Waals surface area (Å²) < 4.78 is 10.1. The van der Waals surface area contributed by atoms with E-state index in [-0.39, 0.29) is 11.8 Å². The highest BCUT2D eigenvalue weighted by molar-refractivity contribution is 7.15. The van der Waals surface area contributed by atoms with Crippen molar-refractivity contribution >= 4 is 28.3 Å². The first-order valence-corrected chi connectivity index (χ1v) is 9.67. The molecule has 0 saturated heterocycles. The molecule has 0 spiro atoms. The number of hydrogen-bond acceptors (Lipinski definition) is 6. The molecule has 4 rings (SSSR count). The highest BCUT2D eigenvalue weighted by atomic mass is 32.1. The number of amides is 2. The molecule has 1 aliphatic heterocycles. The smallest absolute Gasteiger partial charge is 0.260 e. The summed E-state index contributed by atoms with van der Waals surface area (Å²) in [6.45, 7) is 1.14. The number of furan rings is 1. The molecule has 0 radical (unpaired) electrons. The predicted octanol–water partition coefficient (Wildman–Crippen LogP) is 3.12. The monoisotopic (exact) mass is 397 g/mol. The Labute approximate surface area is 165 Å². The van der Waals surface area contributed by atoms with Gasteiger partial charge in [0.25, 0.3) is 5.91 Å². The van der Waals surface area contributed by atoms with Gasteiger partial charge in [-0.3, -0.25) is 14.9 Å². The van der Waals surface area contributed by atoms with Crippen LogP contribution in [-0.4, -0.2) is 35.4 Å². The number of carbonyl (C=O) groups is 2. The van der Waals surface area contributed by atoms with Crippen LogP contribution in [0.25, 0.3) is 0 Å². The van der Waals surface area contributed by atoms with Gasteiger partial charge in [0.1, 0.15) is 12.0 Å². The highest BCUT2D eigenvalue weighted by Crippen LogP contribution is 2.29. The summed E-state index contributed by atoms with van der Waals surface area (Å²) in [5.41, 5.74) is 2.35. The lowest BCUT2D eigenvalue weighted by atomic mass is 10.1. The van der Waals surface area contributed by atoms with Crippen molar-refractivity contribution in [2.45, 2.75) is 19.4 Å². The van der Waals surface area contributed by atoms with E-state index in [0.717, 1.165) is 21.9 Å². The number of benzene rings is 1. The molecular formula is C20H19N3O4S. The van der Waals surface area contributed by atoms with E-state index in [2.05, 4.69) is 10.3 Å². The van der Waals surface area contributed by atoms with Gasteiger partial charge < -0.3 is 14.1 Å². The third-order valence-corrected chi connectivity index (χ3v) is 5.60. The minimum atomic E-state index is -0.257. The zero-order valence-corrected chi connectivity index (χ0v) is 16.1. The standard InChI is InChI=1S/C20H19N3O4S/c1-26-15-4-2-13(3-5-15)10-18(24)23-8-6-16-17(11-23)28-20(21-16)22-19(25)14-7-9-27-12-14/h2-5,7,9,12H,6,8,10-11H2,1H3,(H,21,22,25). The predicted molar refractivity (Wildman–Crippen MR) is 105 cm³/mol. The quantitative estimate of drug-likeness (QED) is 0.715. The average molecular weight is 397 g/mol. The second-order valence-corrected chi connectivity index (χ2v) is 7.53. The minimum Gasteiger partial charge on any atom is -0.497 e. The van der Waals surface area contributed by atoms with E-state index in [1.807, 2.05) is 29.2 Å². The number of methoxy groups -OCH3 is 1. The Morgan fingerprint density at radius 3 is 2.82 bits per heavy atom. The molecule has 1 N–H and O–H groups in total. The molecule has 3 heterocycles. The fourth-order valence-corrected chi connectivity index (χ4v) is 4.07. The summed E-state index contributed by atoms with van der Waals surface area (Å²) in [4.78, 5) is 32.2. The van der Waals surface area contributed by atoms with Gasteiger partial charge in [-0.25, -0.2) is 4.98 Å². The highest BCUT2D eigenvalue weighted by Gasteiger charge is 2.24. The molecular weight excluding hydrogens is 378 g/mol. The second kappa shape index (κ2) is 7.85. The maximum absolute atomic E-state index is 12.7. The third kappa shape index (κ3) is 3.91. The molecule has 0 saturated carbocycles. The van der Waals surface area contributed by atoms with Crippen molar-refractivity contribution in [1.82, 2.24) is 9.88 Å². The Morgan fingerprint density at radius 2 is 2.11 bits per heavy atom. The molecule has 28 heavy (non-hydrogen) atoms. The lowest BCUT2D eigenvalue weighted by Gasteiger charge is -2.26. The van der Waals surface area contributed by atoms with Crippen LogP contribution in [0.2, 0.25) is 0 Å². The fraction of sp³-hybridized carbons (Fsp3) is 0.250. The van der Waals surface area contributed by atoms with Crippen molar-refractivity contribution in [3.05, 3.63) is 64.6 Å². The number of rotatable bonds is 5. The van der Waals surface area contributed by atoms with Crippen LogP contribution in [0.4, 0.5) is 5.13 Å². The minimum absolute atomic E-state index is 0.0770. The van der Waals surface area contributed by atoms with Crippen LogP contribution in [0.15, 0.2) is 47.3 Å². The average Bonchev–Trinajstić information content (AvgIpc) is 3.37. The number of fused-ring (bicyclic) bond motifs is 1. The number of thiazole rings is 1. The SMILES string of the molecule is COc1ccc(CC(=O)N2CCc3nc(NC(=O)c4ccoc4)sc3C2)cc1. The molecule has 1 aliphatic rings. The molecule has 3 aromatic rings. The molecule has 2 aromatic heterocycles. The number of aromatic nitrogens is 1. The van der Waals surface area contributed by atoms with Gasteiger partial charge in [-0.1, -0.05) is 23.5 Å². The van der Waals surface area contributed by atoms with Crippen LogP contribution in [0.1, 0.15) is 26.5 Å². The van der Waals surface area contributed by atoms with Gasteiger partial charge in [0, 0.05) is 17.8 Å². The van der Waals surface area contributed by atoms with Gasteiger partial charge >= 0.3 is 0 Å². The van der Waals surface area contributed by atoms with Crippen molar-refractivity contribution in [2.24, 2.45) is 0 Å². The molecule has 0 bridgehead atoms. The fourth-order valence-electron chi connectivity index (χ4n) is 3.05. The number of hydrogen-bond donors (Lipinski definition) is 1. The second-order valence-electron chi connectivity index (χ2n) is 6.45. The Balaban J connectivity index is 1.39. The molecule has 7 nitrogen and oxygen atoms in total. The number of ether oxygens (including phenoxy) is 1. The van der Waals surface area contributed by atoms with Crippen molar-refractivity contribution in [3.8, 4) is 5.75 Å². The first-order chi connectivity index (χ1) is 13.6. The van der Waals surface area contributed by atoms with Gasteiger partial charge in [-0.05, 0) is 23.8 Å². The summed E-state index contributed by atoms with van der Waals surface area (Å²) in [5.74, 6) is 0.592. The van der Waals surface area contributed by atoms with E-state index >= 15 is 0 Å². The zero-order valence-electron chi connectivity index (χ0n) is 15.3. The first kappa shape index (κ1) is 18.2. The Kier molecular flexibility index (Phi) is 5.12. The van der Waals surface area contributed by atoms with E-state index in [1.54, 1.807) is 13.2 Å². The summed E-state index contributed by atoms with van der Waals surface area (Å²) in [7, 11) is 1.62. The number of nitrogens with zero attached hydrogens (tertiary/aromatic N) is 2. The number of carbonyl (C=O) groups excluding carboxylic acids is 2. The normalized spacial score (nSPS) is 13.1. The lowest BCUT2D eigenvalue weighted by Crippen LogP contribution is -2.36. The molecule has 144 valence electrons. The van der Waals surface area contributed by atoms with E-state index in [9.17, 15) is 9.59 Å². The van der Waals surface area contributed by atoms with Crippen molar-refractivity contribution in [2.75, 3.05) is 19.0 Å². The van der Waals surface area contributed by atoms with Crippen LogP contribution in [0.5, 0.6) is 5.75 Å². The summed E-state index contributed by atoms with van der Waals surface area (Å²) >= 11 is 1.41. The maximum Gasteiger partial charge on any atom is 0.260 e. The summed E-state index contributed by atoms with van der Waals surface area (Å²) in [6.07, 6.45) is 3.88. The van der Waals surface area contributed by atoms with Gasteiger partial charge in [-0.2, -0.15) is 0 Å². The van der Waals surface area contributed by atoms with E-state index in [4.69, 9.17) is 9.15 Å². The van der Waals surface area contributed by atoms with Gasteiger partial charge in [0.2, 0.25) is 5.91 Å². The van der Waals surface area contributed by atoms with E-state index < -0.39 is 0 Å². The maximum atomic E-state index is 12.7.